The van der Waals surface area contributed by atoms with E-state index in [1.807, 2.05) is 0 Å². The van der Waals surface area contributed by atoms with Gasteiger partial charge in [-0.15, -0.1) is 0 Å². The van der Waals surface area contributed by atoms with Crippen molar-refractivity contribution in [2.75, 3.05) is 11.1 Å². The van der Waals surface area contributed by atoms with Crippen molar-refractivity contribution in [2.24, 2.45) is 0 Å². The average molecular weight is 348 g/mol. The van der Waals surface area contributed by atoms with Crippen LogP contribution in [0.2, 0.25) is 15.1 Å². The summed E-state index contributed by atoms with van der Waals surface area (Å²) < 4.78 is 13.6. The van der Waals surface area contributed by atoms with Gasteiger partial charge in [0.25, 0.3) is 0 Å². The van der Waals surface area contributed by atoms with Crippen LogP contribution < -0.4 is 11.1 Å². The number of hydrogen-bond acceptors (Lipinski definition) is 2. The van der Waals surface area contributed by atoms with E-state index in [1.54, 1.807) is 0 Å². The molecule has 0 heterocycles. The van der Waals surface area contributed by atoms with Gasteiger partial charge in [-0.25, -0.2) is 4.39 Å². The van der Waals surface area contributed by atoms with Crippen molar-refractivity contribution in [1.29, 1.82) is 0 Å². The van der Waals surface area contributed by atoms with Crippen molar-refractivity contribution < 1.29 is 9.18 Å². The molecule has 3 N–H and O–H groups in total. The third-order valence-electron chi connectivity index (χ3n) is 2.76. The Bertz CT molecular complexity index is 663. The second-order valence-electron chi connectivity index (χ2n) is 4.28. The van der Waals surface area contributed by atoms with Gasteiger partial charge in [-0.3, -0.25) is 4.79 Å². The maximum atomic E-state index is 13.6. The summed E-state index contributed by atoms with van der Waals surface area (Å²) in [5.74, 6) is -0.982. The monoisotopic (exact) mass is 346 g/mol. The molecule has 0 spiro atoms. The lowest BCUT2D eigenvalue weighted by molar-refractivity contribution is -0.115. The molecule has 0 aliphatic heterocycles. The molecule has 1 amide bonds. The summed E-state index contributed by atoms with van der Waals surface area (Å²) in [7, 11) is 0. The van der Waals surface area contributed by atoms with Crippen molar-refractivity contribution in [1.82, 2.24) is 0 Å². The fraction of sp³-hybridized carbons (Fsp3) is 0.0714. The second-order valence-corrected chi connectivity index (χ2v) is 5.50. The molecule has 0 fully saturated rings. The molecule has 0 atom stereocenters. The predicted octanol–water partition coefficient (Wildman–Crippen LogP) is 4.55. The van der Waals surface area contributed by atoms with Crippen LogP contribution in [-0.2, 0) is 11.2 Å². The van der Waals surface area contributed by atoms with E-state index >= 15 is 0 Å². The van der Waals surface area contributed by atoms with Gasteiger partial charge in [-0.1, -0.05) is 40.9 Å². The number of nitrogens with two attached hydrogens (primary N) is 1. The van der Waals surface area contributed by atoms with Crippen LogP contribution in [0.4, 0.5) is 15.8 Å². The zero-order valence-electron chi connectivity index (χ0n) is 10.6. The number of anilines is 2. The van der Waals surface area contributed by atoms with Crippen molar-refractivity contribution >= 4 is 52.1 Å². The van der Waals surface area contributed by atoms with Crippen LogP contribution in [-0.4, -0.2) is 5.91 Å². The smallest absolute Gasteiger partial charge is 0.228 e. The van der Waals surface area contributed by atoms with Crippen LogP contribution in [0.1, 0.15) is 5.56 Å². The van der Waals surface area contributed by atoms with Gasteiger partial charge in [0.15, 0.2) is 0 Å². The molecule has 21 heavy (non-hydrogen) atoms. The summed E-state index contributed by atoms with van der Waals surface area (Å²) in [4.78, 5) is 11.9. The molecule has 0 aromatic heterocycles. The normalized spacial score (nSPS) is 10.5. The van der Waals surface area contributed by atoms with E-state index < -0.39 is 11.7 Å². The summed E-state index contributed by atoms with van der Waals surface area (Å²) in [6, 6.07) is 7.15. The minimum Gasteiger partial charge on any atom is -0.396 e. The van der Waals surface area contributed by atoms with Crippen LogP contribution in [0.15, 0.2) is 30.3 Å². The molecule has 0 bridgehead atoms. The molecule has 0 aliphatic carbocycles. The predicted molar refractivity (Wildman–Crippen MR) is 84.6 cm³/mol. The van der Waals surface area contributed by atoms with Crippen LogP contribution >= 0.6 is 34.8 Å². The zero-order chi connectivity index (χ0) is 15.6. The molecular weight excluding hydrogens is 338 g/mol. The Balaban J connectivity index is 2.16. The summed E-state index contributed by atoms with van der Waals surface area (Å²) in [5, 5.41) is 3.21. The van der Waals surface area contributed by atoms with Gasteiger partial charge in [-0.2, -0.15) is 0 Å². The second kappa shape index (κ2) is 6.52. The number of benzene rings is 2. The highest BCUT2D eigenvalue weighted by Crippen LogP contribution is 2.31. The quantitative estimate of drug-likeness (QED) is 0.800. The maximum absolute atomic E-state index is 13.6. The third kappa shape index (κ3) is 3.79. The molecule has 0 unspecified atom stereocenters. The van der Waals surface area contributed by atoms with Gasteiger partial charge in [0.1, 0.15) is 5.82 Å². The van der Waals surface area contributed by atoms with Crippen LogP contribution in [0.25, 0.3) is 0 Å². The van der Waals surface area contributed by atoms with Crippen LogP contribution in [0.3, 0.4) is 0 Å². The van der Waals surface area contributed by atoms with E-state index in [0.29, 0.717) is 5.69 Å². The highest BCUT2D eigenvalue weighted by Gasteiger charge is 2.13. The van der Waals surface area contributed by atoms with Crippen LogP contribution in [0, 0.1) is 5.82 Å². The molecule has 0 radical (unpaired) electrons. The molecule has 2 aromatic rings. The number of carbonyl (C=O) groups is 1. The first-order valence-electron chi connectivity index (χ1n) is 5.85. The minimum atomic E-state index is -0.536. The van der Waals surface area contributed by atoms with E-state index in [9.17, 15) is 9.18 Å². The Hall–Kier alpha value is -1.49. The lowest BCUT2D eigenvalue weighted by Gasteiger charge is -2.09. The fourth-order valence-electron chi connectivity index (χ4n) is 1.72. The van der Waals surface area contributed by atoms with Crippen molar-refractivity contribution in [3.8, 4) is 0 Å². The fourth-order valence-corrected chi connectivity index (χ4v) is 2.44. The first-order valence-corrected chi connectivity index (χ1v) is 6.99. The number of hydrogen-bond donors (Lipinski definition) is 2. The van der Waals surface area contributed by atoms with E-state index in [4.69, 9.17) is 40.5 Å². The Labute approximate surface area is 135 Å². The zero-order valence-corrected chi connectivity index (χ0v) is 12.9. The first kappa shape index (κ1) is 15.9. The molecule has 2 rings (SSSR count). The van der Waals surface area contributed by atoms with E-state index in [0.717, 1.165) is 0 Å². The molecule has 0 saturated heterocycles. The van der Waals surface area contributed by atoms with Crippen molar-refractivity contribution in [2.45, 2.75) is 6.42 Å². The van der Waals surface area contributed by atoms with Gasteiger partial charge < -0.3 is 11.1 Å². The largest absolute Gasteiger partial charge is 0.396 e. The number of amides is 1. The lowest BCUT2D eigenvalue weighted by atomic mass is 10.1. The maximum Gasteiger partial charge on any atom is 0.228 e. The standard InChI is InChI=1S/C14H10Cl3FN2O/c15-9-2-1-3-12(18)8(9)6-13(21)20-7-4-10(16)14(19)11(17)5-7/h1-5H,6,19H2,(H,20,21). The molecule has 2 aromatic carbocycles. The number of nitrogens with one attached hydrogen (secondary N) is 1. The SMILES string of the molecule is Nc1c(Cl)cc(NC(=O)Cc2c(F)cccc2Cl)cc1Cl. The van der Waals surface area contributed by atoms with Gasteiger partial charge in [0.05, 0.1) is 22.2 Å². The Morgan fingerprint density at radius 2 is 1.76 bits per heavy atom. The highest BCUT2D eigenvalue weighted by atomic mass is 35.5. The number of nitrogen functional groups attached to an aromatic ring is 1. The number of rotatable bonds is 3. The van der Waals surface area contributed by atoms with Gasteiger partial charge >= 0.3 is 0 Å². The molecule has 0 aliphatic rings. The molecule has 7 heteroatoms. The molecule has 3 nitrogen and oxygen atoms in total. The number of carbonyl (C=O) groups excluding carboxylic acids is 1. The Morgan fingerprint density at radius 3 is 2.33 bits per heavy atom. The van der Waals surface area contributed by atoms with Crippen molar-refractivity contribution in [3.63, 3.8) is 0 Å². The van der Waals surface area contributed by atoms with Crippen molar-refractivity contribution in [3.05, 3.63) is 56.8 Å². The first-order chi connectivity index (χ1) is 9.88. The van der Waals surface area contributed by atoms with E-state index in [1.165, 1.54) is 30.3 Å². The summed E-state index contributed by atoms with van der Waals surface area (Å²) in [6.45, 7) is 0. The summed E-state index contributed by atoms with van der Waals surface area (Å²) in [6.07, 6.45) is -0.203. The third-order valence-corrected chi connectivity index (χ3v) is 3.74. The Kier molecular flexibility index (Phi) is 4.93. The summed E-state index contributed by atoms with van der Waals surface area (Å²) in [5.41, 5.74) is 6.33. The molecule has 0 saturated carbocycles. The van der Waals surface area contributed by atoms with Gasteiger partial charge in [0, 0.05) is 16.3 Å². The summed E-state index contributed by atoms with van der Waals surface area (Å²) >= 11 is 17.6. The van der Waals surface area contributed by atoms with Crippen LogP contribution in [0.5, 0.6) is 0 Å². The van der Waals surface area contributed by atoms with E-state index in [-0.39, 0.29) is 32.7 Å². The van der Waals surface area contributed by atoms with E-state index in [2.05, 4.69) is 5.32 Å². The lowest BCUT2D eigenvalue weighted by Crippen LogP contribution is -2.15. The molecular formula is C14H10Cl3FN2O. The highest BCUT2D eigenvalue weighted by molar-refractivity contribution is 6.39. The van der Waals surface area contributed by atoms with Gasteiger partial charge in [0.2, 0.25) is 5.91 Å². The topological polar surface area (TPSA) is 55.1 Å². The average Bonchev–Trinajstić information content (AvgIpc) is 2.40. The Morgan fingerprint density at radius 1 is 1.14 bits per heavy atom. The van der Waals surface area contributed by atoms with Gasteiger partial charge in [-0.05, 0) is 24.3 Å². The molecule has 110 valence electrons. The minimum absolute atomic E-state index is 0.129. The number of halogens is 4.